The molecular formula is H3ClO5S2. The predicted molar refractivity (Wildman–Crippen MR) is 30.0 cm³/mol. The van der Waals surface area contributed by atoms with E-state index in [-0.39, 0.29) is 0 Å². The van der Waals surface area contributed by atoms with E-state index < -0.39 is 21.7 Å². The van der Waals surface area contributed by atoms with Crippen LogP contribution in [0.5, 0.6) is 0 Å². The highest BCUT2D eigenvalue weighted by Gasteiger charge is 1.65. The minimum absolute atomic E-state index is 2.14. The molecular weight excluding hydrogens is 180 g/mol. The lowest BCUT2D eigenvalue weighted by Crippen LogP contribution is -1.74. The standard InChI is InChI=1S/ClHO2S.H2O3S/c2*1-4(2)3/h(H,2,3);(H2,1,2,3). The van der Waals surface area contributed by atoms with Gasteiger partial charge in [0.25, 0.3) is 21.7 Å². The Morgan fingerprint density at radius 1 is 1.12 bits per heavy atom. The van der Waals surface area contributed by atoms with E-state index in [4.69, 9.17) is 22.1 Å². The summed E-state index contributed by atoms with van der Waals surface area (Å²) in [7, 11) is 2.16. The molecule has 0 saturated heterocycles. The molecule has 5 nitrogen and oxygen atoms in total. The van der Waals surface area contributed by atoms with Crippen LogP contribution in [0.4, 0.5) is 0 Å². The van der Waals surface area contributed by atoms with E-state index in [2.05, 4.69) is 10.7 Å². The molecule has 0 rings (SSSR count). The maximum absolute atomic E-state index is 8.88. The SMILES string of the molecule is O=S(O)Cl.O=S(O)O. The second-order valence-electron chi connectivity index (χ2n) is 0.437. The summed E-state index contributed by atoms with van der Waals surface area (Å²) in [5.74, 6) is 0. The highest BCUT2D eigenvalue weighted by molar-refractivity contribution is 8.03. The third kappa shape index (κ3) is 876. The maximum atomic E-state index is 8.88. The third-order valence-corrected chi connectivity index (χ3v) is 0. The lowest BCUT2D eigenvalue weighted by molar-refractivity contribution is 0.454. The van der Waals surface area contributed by atoms with Gasteiger partial charge in [-0.2, -0.15) is 4.21 Å². The number of halogens is 1. The van der Waals surface area contributed by atoms with Gasteiger partial charge in [0.2, 0.25) is 0 Å². The van der Waals surface area contributed by atoms with Gasteiger partial charge in [-0.15, -0.1) is 0 Å². The fraction of sp³-hybridized carbons (Fsp3) is 0. The Bertz CT molecular complexity index is 68.4. The Morgan fingerprint density at radius 2 is 1.12 bits per heavy atom. The van der Waals surface area contributed by atoms with Crippen molar-refractivity contribution in [2.45, 2.75) is 0 Å². The average Bonchev–Trinajstić information content (AvgIpc) is 1.25. The summed E-state index contributed by atoms with van der Waals surface area (Å²) in [6, 6.07) is 0. The molecule has 52 valence electrons. The van der Waals surface area contributed by atoms with E-state index in [9.17, 15) is 0 Å². The van der Waals surface area contributed by atoms with Crippen LogP contribution in [-0.4, -0.2) is 22.1 Å². The molecule has 0 aromatic heterocycles. The van der Waals surface area contributed by atoms with Gasteiger partial charge in [0.15, 0.2) is 0 Å². The summed E-state index contributed by atoms with van der Waals surface area (Å²) < 4.78 is 39.0. The lowest BCUT2D eigenvalue weighted by Gasteiger charge is -1.59. The summed E-state index contributed by atoms with van der Waals surface area (Å²) in [6.07, 6.45) is 0. The van der Waals surface area contributed by atoms with Gasteiger partial charge >= 0.3 is 0 Å². The molecule has 1 atom stereocenters. The van der Waals surface area contributed by atoms with Crippen LogP contribution in [0, 0.1) is 0 Å². The van der Waals surface area contributed by atoms with Crippen molar-refractivity contribution < 1.29 is 22.1 Å². The first-order valence-corrected chi connectivity index (χ1v) is 4.03. The van der Waals surface area contributed by atoms with E-state index >= 15 is 0 Å². The van der Waals surface area contributed by atoms with Gasteiger partial charge in [0.1, 0.15) is 0 Å². The van der Waals surface area contributed by atoms with Crippen molar-refractivity contribution in [2.75, 3.05) is 0 Å². The zero-order valence-electron chi connectivity index (χ0n) is 3.35. The molecule has 0 aromatic rings. The predicted octanol–water partition coefficient (Wildman–Crippen LogP) is 0.0430. The first-order chi connectivity index (χ1) is 3.46. The zero-order chi connectivity index (χ0) is 7.15. The molecule has 0 bridgehead atoms. The Morgan fingerprint density at radius 3 is 1.12 bits per heavy atom. The van der Waals surface area contributed by atoms with Crippen molar-refractivity contribution >= 4 is 32.3 Å². The van der Waals surface area contributed by atoms with Crippen LogP contribution in [0.1, 0.15) is 0 Å². The Labute approximate surface area is 54.9 Å². The molecule has 1 unspecified atom stereocenters. The van der Waals surface area contributed by atoms with Gasteiger partial charge in [0, 0.05) is 10.7 Å². The van der Waals surface area contributed by atoms with Gasteiger partial charge in [-0.3, -0.25) is 13.7 Å². The molecule has 0 amide bonds. The third-order valence-electron chi connectivity index (χ3n) is 0. The lowest BCUT2D eigenvalue weighted by atomic mass is 15.8. The van der Waals surface area contributed by atoms with Crippen molar-refractivity contribution in [3.05, 3.63) is 0 Å². The van der Waals surface area contributed by atoms with Crippen LogP contribution in [0.2, 0.25) is 0 Å². The van der Waals surface area contributed by atoms with Crippen LogP contribution < -0.4 is 0 Å². The first-order valence-electron chi connectivity index (χ1n) is 1.04. The second kappa shape index (κ2) is 7.47. The summed E-state index contributed by atoms with van der Waals surface area (Å²) in [6.45, 7) is 0. The maximum Gasteiger partial charge on any atom is 0.299 e. The molecule has 8 heteroatoms. The monoisotopic (exact) mass is 182 g/mol. The minimum atomic E-state index is -2.61. The highest BCUT2D eigenvalue weighted by Crippen LogP contribution is 1.72. The van der Waals surface area contributed by atoms with E-state index in [1.807, 2.05) is 0 Å². The van der Waals surface area contributed by atoms with Gasteiger partial charge in [-0.25, -0.2) is 4.21 Å². The fourth-order valence-corrected chi connectivity index (χ4v) is 0. The average molecular weight is 183 g/mol. The molecule has 0 spiro atoms. The second-order valence-corrected chi connectivity index (χ2v) is 2.10. The molecule has 8 heavy (non-hydrogen) atoms. The van der Waals surface area contributed by atoms with Crippen LogP contribution in [0.3, 0.4) is 0 Å². The van der Waals surface area contributed by atoms with Gasteiger partial charge < -0.3 is 0 Å². The summed E-state index contributed by atoms with van der Waals surface area (Å²) in [5, 5.41) is 0. The molecule has 0 heterocycles. The van der Waals surface area contributed by atoms with E-state index in [1.54, 1.807) is 0 Å². The first kappa shape index (κ1) is 11.3. The summed E-state index contributed by atoms with van der Waals surface area (Å²) >= 11 is -2.61. The van der Waals surface area contributed by atoms with Crippen LogP contribution in [0.15, 0.2) is 0 Å². The Hall–Kier alpha value is 0.470. The zero-order valence-corrected chi connectivity index (χ0v) is 5.74. The molecule has 3 N–H and O–H groups in total. The Balaban J connectivity index is 0. The summed E-state index contributed by atoms with van der Waals surface area (Å²) in [4.78, 5) is 0. The van der Waals surface area contributed by atoms with Crippen molar-refractivity contribution in [2.24, 2.45) is 0 Å². The van der Waals surface area contributed by atoms with Crippen molar-refractivity contribution in [3.8, 4) is 0 Å². The van der Waals surface area contributed by atoms with E-state index in [0.717, 1.165) is 0 Å². The Kier molecular flexibility index (Phi) is 10.5. The quantitative estimate of drug-likeness (QED) is 0.363. The topological polar surface area (TPSA) is 94.8 Å². The number of hydrogen-bond acceptors (Lipinski definition) is 2. The van der Waals surface area contributed by atoms with E-state index in [1.165, 1.54) is 0 Å². The van der Waals surface area contributed by atoms with Crippen molar-refractivity contribution in [1.82, 2.24) is 0 Å². The highest BCUT2D eigenvalue weighted by atomic mass is 35.7. The molecule has 0 aromatic carbocycles. The normalized spacial score (nSPS) is 12.1. The van der Waals surface area contributed by atoms with Crippen LogP contribution in [-0.2, 0) is 21.7 Å². The molecule has 0 radical (unpaired) electrons. The van der Waals surface area contributed by atoms with Gasteiger partial charge in [0.05, 0.1) is 0 Å². The molecule has 0 aliphatic rings. The number of hydrogen-bond donors (Lipinski definition) is 3. The van der Waals surface area contributed by atoms with Crippen LogP contribution >= 0.6 is 10.7 Å². The number of rotatable bonds is 0. The van der Waals surface area contributed by atoms with Crippen molar-refractivity contribution in [3.63, 3.8) is 0 Å². The summed E-state index contributed by atoms with van der Waals surface area (Å²) in [5.41, 5.74) is 0. The minimum Gasteiger partial charge on any atom is -0.294 e. The smallest absolute Gasteiger partial charge is 0.294 e. The van der Waals surface area contributed by atoms with Crippen LogP contribution in [0.25, 0.3) is 0 Å². The van der Waals surface area contributed by atoms with E-state index in [0.29, 0.717) is 0 Å². The van der Waals surface area contributed by atoms with Crippen molar-refractivity contribution in [1.29, 1.82) is 0 Å². The molecule has 0 aliphatic carbocycles. The fourth-order valence-electron chi connectivity index (χ4n) is 0. The largest absolute Gasteiger partial charge is 0.299 e. The molecule has 0 saturated carbocycles. The molecule has 0 fully saturated rings. The van der Waals surface area contributed by atoms with Gasteiger partial charge in [-0.05, 0) is 0 Å². The van der Waals surface area contributed by atoms with Gasteiger partial charge in [-0.1, -0.05) is 0 Å². The molecule has 0 aliphatic heterocycles.